The third kappa shape index (κ3) is 3.48. The average molecular weight is 493 g/mol. The van der Waals surface area contributed by atoms with Gasteiger partial charge in [-0.1, -0.05) is 40.5 Å². The van der Waals surface area contributed by atoms with E-state index in [-0.39, 0.29) is 46.5 Å². The molecular formula is C28H48O5Si. The molecular weight excluding hydrogens is 444 g/mol. The summed E-state index contributed by atoms with van der Waals surface area (Å²) in [5.41, 5.74) is -0.602. The van der Waals surface area contributed by atoms with Crippen molar-refractivity contribution in [3.8, 4) is 0 Å². The van der Waals surface area contributed by atoms with Crippen LogP contribution in [-0.2, 0) is 18.7 Å². The Morgan fingerprint density at radius 1 is 1.00 bits per heavy atom. The van der Waals surface area contributed by atoms with Crippen LogP contribution >= 0.6 is 0 Å². The molecule has 0 aromatic carbocycles. The maximum Gasteiger partial charge on any atom is 0.192 e. The Morgan fingerprint density at radius 3 is 2.32 bits per heavy atom. The van der Waals surface area contributed by atoms with Gasteiger partial charge in [0.05, 0.1) is 29.8 Å². The van der Waals surface area contributed by atoms with E-state index in [1.807, 2.05) is 13.8 Å². The highest BCUT2D eigenvalue weighted by molar-refractivity contribution is 6.74. The van der Waals surface area contributed by atoms with Crippen molar-refractivity contribution >= 4 is 14.6 Å². The lowest BCUT2D eigenvalue weighted by Gasteiger charge is -2.63. The first kappa shape index (κ1) is 25.4. The Hall–Kier alpha value is -0.273. The molecule has 0 aromatic heterocycles. The second-order valence-electron chi connectivity index (χ2n) is 14.6. The number of hydrogen-bond donors (Lipinski definition) is 1. The molecule has 194 valence electrons. The van der Waals surface area contributed by atoms with E-state index in [4.69, 9.17) is 13.9 Å². The van der Waals surface area contributed by atoms with Gasteiger partial charge in [-0.2, -0.15) is 0 Å². The molecule has 34 heavy (non-hydrogen) atoms. The van der Waals surface area contributed by atoms with Crippen LogP contribution in [0.1, 0.15) is 86.5 Å². The molecule has 4 aliphatic carbocycles. The Balaban J connectivity index is 1.56. The van der Waals surface area contributed by atoms with E-state index < -0.39 is 25.6 Å². The van der Waals surface area contributed by atoms with E-state index in [2.05, 4.69) is 40.8 Å². The number of aldehydes is 1. The highest BCUT2D eigenvalue weighted by Crippen LogP contribution is 2.68. The first-order chi connectivity index (χ1) is 15.7. The molecule has 5 rings (SSSR count). The molecule has 5 fully saturated rings. The average Bonchev–Trinajstić information content (AvgIpc) is 3.23. The summed E-state index contributed by atoms with van der Waals surface area (Å²) < 4.78 is 20.3. The fourth-order valence-electron chi connectivity index (χ4n) is 8.93. The third-order valence-corrected chi connectivity index (χ3v) is 15.9. The molecule has 4 saturated carbocycles. The number of hydrogen-bond acceptors (Lipinski definition) is 5. The number of aliphatic hydroxyl groups excluding tert-OH is 1. The van der Waals surface area contributed by atoms with Crippen LogP contribution < -0.4 is 0 Å². The zero-order valence-corrected chi connectivity index (χ0v) is 23.7. The number of carbonyl (C=O) groups is 1. The van der Waals surface area contributed by atoms with Crippen molar-refractivity contribution in [1.82, 2.24) is 0 Å². The molecule has 0 radical (unpaired) electrons. The topological polar surface area (TPSA) is 65.0 Å². The predicted molar refractivity (Wildman–Crippen MR) is 135 cm³/mol. The molecule has 10 atom stereocenters. The van der Waals surface area contributed by atoms with Crippen molar-refractivity contribution in [1.29, 1.82) is 0 Å². The lowest BCUT2D eigenvalue weighted by Crippen LogP contribution is -2.67. The second-order valence-corrected chi connectivity index (χ2v) is 19.3. The minimum atomic E-state index is -2.06. The summed E-state index contributed by atoms with van der Waals surface area (Å²) in [7, 11) is -2.06. The first-order valence-corrected chi connectivity index (χ1v) is 16.8. The lowest BCUT2D eigenvalue weighted by molar-refractivity contribution is -0.218. The van der Waals surface area contributed by atoms with Crippen LogP contribution in [0, 0.1) is 34.5 Å². The van der Waals surface area contributed by atoms with E-state index in [0.717, 1.165) is 25.7 Å². The van der Waals surface area contributed by atoms with Crippen molar-refractivity contribution in [3.63, 3.8) is 0 Å². The number of rotatable bonds is 3. The minimum Gasteiger partial charge on any atom is -0.413 e. The highest BCUT2D eigenvalue weighted by Gasteiger charge is 2.71. The zero-order chi connectivity index (χ0) is 24.9. The smallest absolute Gasteiger partial charge is 0.192 e. The van der Waals surface area contributed by atoms with E-state index in [1.165, 1.54) is 19.1 Å². The number of ether oxygens (including phenoxy) is 2. The van der Waals surface area contributed by atoms with E-state index in [9.17, 15) is 9.90 Å². The van der Waals surface area contributed by atoms with Gasteiger partial charge in [0.15, 0.2) is 14.1 Å². The summed E-state index contributed by atoms with van der Waals surface area (Å²) in [6, 6.07) is 0. The quantitative estimate of drug-likeness (QED) is 0.404. The molecule has 1 N–H and O–H groups in total. The van der Waals surface area contributed by atoms with Crippen molar-refractivity contribution < 1.29 is 23.8 Å². The van der Waals surface area contributed by atoms with Gasteiger partial charge in [-0.15, -0.1) is 0 Å². The largest absolute Gasteiger partial charge is 0.413 e. The normalized spacial score (nSPS) is 50.1. The summed E-state index contributed by atoms with van der Waals surface area (Å²) in [5.74, 6) is 0.255. The Bertz CT molecular complexity index is 820. The molecule has 0 spiro atoms. The van der Waals surface area contributed by atoms with Gasteiger partial charge in [0.2, 0.25) is 0 Å². The summed E-state index contributed by atoms with van der Waals surface area (Å²) in [4.78, 5) is 13.1. The van der Waals surface area contributed by atoms with Crippen molar-refractivity contribution in [3.05, 3.63) is 0 Å². The fourth-order valence-corrected chi connectivity index (χ4v) is 10.3. The molecule has 5 nitrogen and oxygen atoms in total. The van der Waals surface area contributed by atoms with Gasteiger partial charge in [-0.25, -0.2) is 0 Å². The predicted octanol–water partition coefficient (Wildman–Crippen LogP) is 5.70. The van der Waals surface area contributed by atoms with Gasteiger partial charge < -0.3 is 23.8 Å². The Labute approximate surface area is 207 Å². The molecule has 0 bridgehead atoms. The standard InChI is InChI=1S/C28H48O5Si/c1-25(2,3)34(7,8)33-20-13-12-17-21-22(19(30)15-28(17,20)16-29)27(6)14-10-9-11-18(27)23-24(21)32-26(4,5)31-23/h16-24,30H,9-15H2,1-8H3/t17?,18?,19-,20-,21?,22?,23+,24+,27-,28+/m0/s1. The maximum absolute atomic E-state index is 13.1. The Kier molecular flexibility index (Phi) is 5.87. The van der Waals surface area contributed by atoms with Gasteiger partial charge in [-0.05, 0) is 93.2 Å². The lowest BCUT2D eigenvalue weighted by atomic mass is 9.43. The van der Waals surface area contributed by atoms with Crippen LogP contribution in [0.15, 0.2) is 0 Å². The van der Waals surface area contributed by atoms with Gasteiger partial charge in [0.25, 0.3) is 0 Å². The van der Waals surface area contributed by atoms with Crippen LogP contribution in [0.3, 0.4) is 0 Å². The van der Waals surface area contributed by atoms with E-state index in [0.29, 0.717) is 12.3 Å². The number of aliphatic hydroxyl groups is 1. The van der Waals surface area contributed by atoms with E-state index >= 15 is 0 Å². The SMILES string of the molecule is CC1(C)O[C@@H]2C3C([C@@H](O)C[C@@]4(C=O)C3CC[C@@H]4O[Si](C)(C)C(C)(C)C)[C@@]3(C)CCCCC3[C@H]2O1. The third-order valence-electron chi connectivity index (χ3n) is 11.4. The van der Waals surface area contributed by atoms with Crippen LogP contribution in [0.2, 0.25) is 18.1 Å². The van der Waals surface area contributed by atoms with Gasteiger partial charge in [-0.3, -0.25) is 0 Å². The second kappa shape index (κ2) is 7.86. The summed E-state index contributed by atoms with van der Waals surface area (Å²) >= 11 is 0. The highest BCUT2D eigenvalue weighted by atomic mass is 28.4. The van der Waals surface area contributed by atoms with Crippen LogP contribution in [0.4, 0.5) is 0 Å². The van der Waals surface area contributed by atoms with Crippen molar-refractivity contribution in [2.24, 2.45) is 34.5 Å². The first-order valence-electron chi connectivity index (χ1n) is 13.8. The maximum atomic E-state index is 13.1. The fraction of sp³-hybridized carbons (Fsp3) is 0.964. The molecule has 0 amide bonds. The van der Waals surface area contributed by atoms with Crippen LogP contribution in [0.5, 0.6) is 0 Å². The van der Waals surface area contributed by atoms with Gasteiger partial charge in [0, 0.05) is 0 Å². The molecule has 6 heteroatoms. The Morgan fingerprint density at radius 2 is 1.68 bits per heavy atom. The van der Waals surface area contributed by atoms with Crippen molar-refractivity contribution in [2.75, 3.05) is 0 Å². The van der Waals surface area contributed by atoms with Gasteiger partial charge >= 0.3 is 0 Å². The summed E-state index contributed by atoms with van der Waals surface area (Å²) in [5, 5.41) is 12.0. The van der Waals surface area contributed by atoms with Crippen molar-refractivity contribution in [2.45, 2.75) is 135 Å². The minimum absolute atomic E-state index is 0.0285. The number of fused-ring (bicyclic) bond motifs is 8. The van der Waals surface area contributed by atoms with Gasteiger partial charge in [0.1, 0.15) is 6.29 Å². The molecule has 1 saturated heterocycles. The van der Waals surface area contributed by atoms with Crippen LogP contribution in [-0.4, -0.2) is 49.9 Å². The molecule has 1 heterocycles. The molecule has 0 aromatic rings. The van der Waals surface area contributed by atoms with E-state index in [1.54, 1.807) is 0 Å². The molecule has 4 unspecified atom stereocenters. The van der Waals surface area contributed by atoms with Crippen LogP contribution in [0.25, 0.3) is 0 Å². The monoisotopic (exact) mass is 492 g/mol. The molecule has 5 aliphatic rings. The summed E-state index contributed by atoms with van der Waals surface area (Å²) in [6.07, 6.45) is 7.69. The summed E-state index contributed by atoms with van der Waals surface area (Å²) in [6.45, 7) is 17.8. The zero-order valence-electron chi connectivity index (χ0n) is 22.7. The molecule has 1 aliphatic heterocycles. The number of carbonyl (C=O) groups excluding carboxylic acids is 1.